The fraction of sp³-hybridized carbons (Fsp3) is 0.400. The zero-order valence-electron chi connectivity index (χ0n) is 9.60. The van der Waals surface area contributed by atoms with E-state index in [4.69, 9.17) is 10.7 Å². The minimum Gasteiger partial charge on any atom is -0.205 e. The molecule has 0 aromatic carbocycles. The summed E-state index contributed by atoms with van der Waals surface area (Å²) in [7, 11) is 0.953. The number of imidazole rings is 1. The Bertz CT molecular complexity index is 684. The summed E-state index contributed by atoms with van der Waals surface area (Å²) >= 11 is 0. The molecule has 8 heteroatoms. The molecule has 0 fully saturated rings. The first kappa shape index (κ1) is 13.2. The van der Waals surface area contributed by atoms with Crippen LogP contribution in [-0.2, 0) is 15.5 Å². The lowest BCUT2D eigenvalue weighted by molar-refractivity contribution is 0.537. The molecule has 5 nitrogen and oxygen atoms in total. The van der Waals surface area contributed by atoms with Crippen LogP contribution < -0.4 is 0 Å². The van der Waals surface area contributed by atoms with Crippen molar-refractivity contribution in [2.45, 2.75) is 31.2 Å². The summed E-state index contributed by atoms with van der Waals surface area (Å²) in [5.41, 5.74) is 0.787. The highest BCUT2D eigenvalue weighted by Crippen LogP contribution is 2.20. The third-order valence-electron chi connectivity index (χ3n) is 2.47. The average molecular weight is 292 g/mol. The molecule has 0 radical (unpaired) electrons. The van der Waals surface area contributed by atoms with Crippen LogP contribution in [0.2, 0.25) is 0 Å². The Labute approximate surface area is 108 Å². The van der Waals surface area contributed by atoms with Gasteiger partial charge >= 0.3 is 0 Å². The van der Waals surface area contributed by atoms with Crippen molar-refractivity contribution in [3.63, 3.8) is 0 Å². The Morgan fingerprint density at radius 2 is 2.17 bits per heavy atom. The van der Waals surface area contributed by atoms with Gasteiger partial charge in [-0.15, -0.1) is 0 Å². The van der Waals surface area contributed by atoms with E-state index in [9.17, 15) is 12.8 Å². The summed E-state index contributed by atoms with van der Waals surface area (Å²) in [5.74, 6) is -1.13. The minimum atomic E-state index is -4.22. The number of fused-ring (bicyclic) bond motifs is 1. The second-order valence-corrected chi connectivity index (χ2v) is 6.33. The highest BCUT2D eigenvalue weighted by Gasteiger charge is 2.24. The van der Waals surface area contributed by atoms with Crippen LogP contribution in [0.25, 0.3) is 5.65 Å². The SMILES string of the molecule is CCCCc1ccc2nc(F)c(S(=O)(=O)Cl)n2n1. The molecule has 2 aromatic heterocycles. The molecule has 0 unspecified atom stereocenters. The lowest BCUT2D eigenvalue weighted by Crippen LogP contribution is -2.05. The van der Waals surface area contributed by atoms with E-state index in [0.29, 0.717) is 12.1 Å². The van der Waals surface area contributed by atoms with Gasteiger partial charge in [0.05, 0.1) is 5.69 Å². The topological polar surface area (TPSA) is 64.3 Å². The van der Waals surface area contributed by atoms with E-state index in [0.717, 1.165) is 17.4 Å². The van der Waals surface area contributed by atoms with Gasteiger partial charge in [-0.3, -0.25) is 0 Å². The number of aromatic nitrogens is 3. The number of unbranched alkanes of at least 4 members (excludes halogenated alkanes) is 1. The van der Waals surface area contributed by atoms with Crippen molar-refractivity contribution in [3.05, 3.63) is 23.8 Å². The van der Waals surface area contributed by atoms with Crippen molar-refractivity contribution in [2.24, 2.45) is 0 Å². The molecule has 0 aliphatic rings. The van der Waals surface area contributed by atoms with Crippen LogP contribution in [0.4, 0.5) is 4.39 Å². The number of hydrogen-bond donors (Lipinski definition) is 0. The Kier molecular flexibility index (Phi) is 3.54. The van der Waals surface area contributed by atoms with E-state index in [2.05, 4.69) is 10.1 Å². The summed E-state index contributed by atoms with van der Waals surface area (Å²) in [6.07, 6.45) is 2.59. The first-order valence-corrected chi connectivity index (χ1v) is 7.73. The quantitative estimate of drug-likeness (QED) is 0.810. The van der Waals surface area contributed by atoms with Crippen LogP contribution in [0.15, 0.2) is 17.2 Å². The minimum absolute atomic E-state index is 0.118. The van der Waals surface area contributed by atoms with Gasteiger partial charge in [0.25, 0.3) is 15.0 Å². The summed E-state index contributed by atoms with van der Waals surface area (Å²) in [5, 5.41) is 3.34. The van der Waals surface area contributed by atoms with Crippen LogP contribution in [0.3, 0.4) is 0 Å². The van der Waals surface area contributed by atoms with Gasteiger partial charge in [-0.05, 0) is 25.0 Å². The lowest BCUT2D eigenvalue weighted by Gasteiger charge is -2.01. The van der Waals surface area contributed by atoms with Crippen molar-refractivity contribution in [1.82, 2.24) is 14.6 Å². The normalized spacial score (nSPS) is 12.2. The van der Waals surface area contributed by atoms with Crippen molar-refractivity contribution in [2.75, 3.05) is 0 Å². The Hall–Kier alpha value is -1.21. The van der Waals surface area contributed by atoms with Crippen LogP contribution >= 0.6 is 10.7 Å². The summed E-state index contributed by atoms with van der Waals surface area (Å²) in [4.78, 5) is 3.47. The first-order chi connectivity index (χ1) is 8.43. The van der Waals surface area contributed by atoms with E-state index < -0.39 is 20.0 Å². The van der Waals surface area contributed by atoms with Gasteiger partial charge in [0.15, 0.2) is 5.65 Å². The Morgan fingerprint density at radius 3 is 2.78 bits per heavy atom. The van der Waals surface area contributed by atoms with Crippen molar-refractivity contribution in [1.29, 1.82) is 0 Å². The number of rotatable bonds is 4. The zero-order valence-corrected chi connectivity index (χ0v) is 11.2. The van der Waals surface area contributed by atoms with Crippen molar-refractivity contribution >= 4 is 25.4 Å². The molecule has 2 aromatic rings. The molecular formula is C10H11ClFN3O2S. The summed E-state index contributed by atoms with van der Waals surface area (Å²) < 4.78 is 36.9. The van der Waals surface area contributed by atoms with Gasteiger partial charge in [-0.2, -0.15) is 19.0 Å². The smallest absolute Gasteiger partial charge is 0.205 e. The summed E-state index contributed by atoms with van der Waals surface area (Å²) in [6.45, 7) is 2.03. The zero-order chi connectivity index (χ0) is 13.3. The predicted octanol–water partition coefficient (Wildman–Crippen LogP) is 2.14. The van der Waals surface area contributed by atoms with E-state index in [-0.39, 0.29) is 5.65 Å². The molecule has 0 saturated heterocycles. The fourth-order valence-electron chi connectivity index (χ4n) is 1.62. The molecule has 2 heterocycles. The number of aryl methyl sites for hydroxylation is 1. The maximum atomic E-state index is 13.4. The van der Waals surface area contributed by atoms with Gasteiger partial charge in [-0.1, -0.05) is 13.3 Å². The molecule has 18 heavy (non-hydrogen) atoms. The van der Waals surface area contributed by atoms with Gasteiger partial charge in [0.2, 0.25) is 5.03 Å². The summed E-state index contributed by atoms with van der Waals surface area (Å²) in [6, 6.07) is 3.22. The van der Waals surface area contributed by atoms with Gasteiger partial charge in [0.1, 0.15) is 0 Å². The number of hydrogen-bond acceptors (Lipinski definition) is 4. The molecule has 0 spiro atoms. The molecule has 0 bridgehead atoms. The van der Waals surface area contributed by atoms with E-state index in [1.54, 1.807) is 6.07 Å². The molecule has 0 N–H and O–H groups in total. The molecule has 0 aliphatic carbocycles. The molecule has 2 rings (SSSR count). The van der Waals surface area contributed by atoms with Crippen molar-refractivity contribution in [3.8, 4) is 0 Å². The molecule has 0 amide bonds. The first-order valence-electron chi connectivity index (χ1n) is 5.42. The standard InChI is InChI=1S/C10H11ClFN3O2S/c1-2-3-4-7-5-6-8-13-9(12)10(15(8)14-7)18(11,16)17/h5-6H,2-4H2,1H3. The third-order valence-corrected chi connectivity index (χ3v) is 3.71. The molecule has 0 aliphatic heterocycles. The monoisotopic (exact) mass is 291 g/mol. The van der Waals surface area contributed by atoms with Crippen LogP contribution in [0.5, 0.6) is 0 Å². The highest BCUT2D eigenvalue weighted by molar-refractivity contribution is 8.13. The predicted molar refractivity (Wildman–Crippen MR) is 64.6 cm³/mol. The van der Waals surface area contributed by atoms with E-state index in [1.807, 2.05) is 6.92 Å². The van der Waals surface area contributed by atoms with Gasteiger partial charge in [0, 0.05) is 10.7 Å². The van der Waals surface area contributed by atoms with Crippen molar-refractivity contribution < 1.29 is 12.8 Å². The average Bonchev–Trinajstić information content (AvgIpc) is 2.60. The third kappa shape index (κ3) is 2.46. The van der Waals surface area contributed by atoms with Crippen LogP contribution in [0.1, 0.15) is 25.5 Å². The fourth-order valence-corrected chi connectivity index (χ4v) is 2.59. The molecule has 0 saturated carbocycles. The Balaban J connectivity index is 2.60. The molecule has 0 atom stereocenters. The van der Waals surface area contributed by atoms with Crippen LogP contribution in [-0.4, -0.2) is 23.0 Å². The van der Waals surface area contributed by atoms with Gasteiger partial charge in [-0.25, -0.2) is 8.42 Å². The number of halogens is 2. The van der Waals surface area contributed by atoms with E-state index >= 15 is 0 Å². The second kappa shape index (κ2) is 4.81. The Morgan fingerprint density at radius 1 is 1.44 bits per heavy atom. The molecular weight excluding hydrogens is 281 g/mol. The largest absolute Gasteiger partial charge is 0.283 e. The second-order valence-electron chi connectivity index (χ2n) is 3.84. The van der Waals surface area contributed by atoms with E-state index in [1.165, 1.54) is 6.07 Å². The molecule has 98 valence electrons. The highest BCUT2D eigenvalue weighted by atomic mass is 35.7. The maximum absolute atomic E-state index is 13.4. The van der Waals surface area contributed by atoms with Crippen LogP contribution in [0, 0.1) is 5.95 Å². The lowest BCUT2D eigenvalue weighted by atomic mass is 10.2. The number of nitrogens with zero attached hydrogens (tertiary/aromatic N) is 3. The van der Waals surface area contributed by atoms with Gasteiger partial charge < -0.3 is 0 Å². The maximum Gasteiger partial charge on any atom is 0.283 e.